The molecule has 1 heterocycles. The monoisotopic (exact) mass is 703 g/mol. The van der Waals surface area contributed by atoms with Crippen LogP contribution in [-0.4, -0.2) is 103 Å². The number of halogens is 1. The predicted octanol–water partition coefficient (Wildman–Crippen LogP) is 2.05. The van der Waals surface area contributed by atoms with Crippen LogP contribution in [0.15, 0.2) is 30.3 Å². The Morgan fingerprint density at radius 3 is 2.33 bits per heavy atom. The van der Waals surface area contributed by atoms with Gasteiger partial charge in [-0.25, -0.2) is 27.1 Å². The number of carbonyl (C=O) groups excluding carboxylic acids is 1. The maximum absolute atomic E-state index is 13.7. The number of hydrogen-bond donors (Lipinski definition) is 2. The first-order valence-electron chi connectivity index (χ1n) is 14.5. The van der Waals surface area contributed by atoms with Crippen molar-refractivity contribution >= 4 is 28.0 Å². The number of ether oxygens (including phenoxy) is 2. The lowest BCUT2D eigenvalue weighted by Crippen LogP contribution is -2.27. The third-order valence-corrected chi connectivity index (χ3v) is 7.63. The minimum absolute atomic E-state index is 0.113. The van der Waals surface area contributed by atoms with E-state index in [4.69, 9.17) is 9.47 Å². The normalized spacial score (nSPS) is 13.6. The fourth-order valence-corrected chi connectivity index (χ4v) is 4.45. The Hall–Kier alpha value is -4.53. The van der Waals surface area contributed by atoms with E-state index in [-0.39, 0.29) is 50.2 Å². The van der Waals surface area contributed by atoms with Gasteiger partial charge in [0.2, 0.25) is 16.0 Å². The van der Waals surface area contributed by atoms with Gasteiger partial charge in [0.1, 0.15) is 18.5 Å². The molecule has 20 heteroatoms. The highest BCUT2D eigenvalue weighted by molar-refractivity contribution is 7.92. The summed E-state index contributed by atoms with van der Waals surface area (Å²) in [7, 11) is -2.43. The average molecular weight is 704 g/mol. The summed E-state index contributed by atoms with van der Waals surface area (Å²) in [6.07, 6.45) is -0.935. The predicted molar refractivity (Wildman–Crippen MR) is 166 cm³/mol. The fraction of sp³-hybridized carbons (Fsp3) is 0.536. The Morgan fingerprint density at radius 1 is 1.08 bits per heavy atom. The first-order chi connectivity index (χ1) is 22.5. The Bertz CT molecular complexity index is 1530. The number of aliphatic hydroxyl groups is 2. The van der Waals surface area contributed by atoms with Crippen LogP contribution in [0.1, 0.15) is 50.3 Å². The molecule has 0 spiro atoms. The summed E-state index contributed by atoms with van der Waals surface area (Å²) in [5.74, 6) is -1.72. The van der Waals surface area contributed by atoms with Crippen molar-refractivity contribution in [1.29, 1.82) is 0 Å². The van der Waals surface area contributed by atoms with Crippen molar-refractivity contribution in [3.63, 3.8) is 0 Å². The van der Waals surface area contributed by atoms with Crippen molar-refractivity contribution in [2.24, 2.45) is 0 Å². The van der Waals surface area contributed by atoms with Crippen LogP contribution in [0.25, 0.3) is 17.3 Å². The summed E-state index contributed by atoms with van der Waals surface area (Å²) < 4.78 is 49.1. The van der Waals surface area contributed by atoms with Gasteiger partial charge >= 0.3 is 5.97 Å². The number of aliphatic hydroxyl groups excluding tert-OH is 2. The highest BCUT2D eigenvalue weighted by Gasteiger charge is 2.23. The van der Waals surface area contributed by atoms with E-state index in [1.54, 1.807) is 0 Å². The van der Waals surface area contributed by atoms with Crippen LogP contribution >= 0.6 is 0 Å². The van der Waals surface area contributed by atoms with E-state index in [1.165, 1.54) is 43.5 Å². The molecule has 0 saturated heterocycles. The summed E-state index contributed by atoms with van der Waals surface area (Å²) in [5, 5.41) is 39.8. The van der Waals surface area contributed by atoms with Gasteiger partial charge in [-0.3, -0.25) is 4.79 Å². The SMILES string of the molecule is CC(C)c1nc(N(C)S(C)(=O)=O)nc(-c2ccc(F)cc2)c1/C=C/[C@@H](O)C[C@@H](O)CC(=O)OCCC(COCCO[N+](=O)[O-])O[N+](=O)[O-]. The molecule has 0 aliphatic rings. The third-order valence-electron chi connectivity index (χ3n) is 6.47. The number of anilines is 1. The van der Waals surface area contributed by atoms with E-state index in [0.29, 0.717) is 16.8 Å². The quantitative estimate of drug-likeness (QED) is 0.0818. The van der Waals surface area contributed by atoms with E-state index >= 15 is 0 Å². The summed E-state index contributed by atoms with van der Waals surface area (Å²) in [4.78, 5) is 50.4. The molecule has 2 N–H and O–H groups in total. The topological polar surface area (TPSA) is 244 Å². The molecule has 1 unspecified atom stereocenters. The molecule has 0 fully saturated rings. The second kappa shape index (κ2) is 18.7. The average Bonchev–Trinajstić information content (AvgIpc) is 2.98. The largest absolute Gasteiger partial charge is 0.466 e. The fourth-order valence-electron chi connectivity index (χ4n) is 4.07. The maximum Gasteiger partial charge on any atom is 0.308 e. The zero-order valence-electron chi connectivity index (χ0n) is 26.6. The van der Waals surface area contributed by atoms with Gasteiger partial charge < -0.3 is 29.4 Å². The molecule has 0 bridgehead atoms. The van der Waals surface area contributed by atoms with Crippen molar-refractivity contribution in [2.45, 2.75) is 57.3 Å². The van der Waals surface area contributed by atoms with Gasteiger partial charge in [-0.2, -0.15) is 0 Å². The summed E-state index contributed by atoms with van der Waals surface area (Å²) in [6, 6.07) is 5.35. The van der Waals surface area contributed by atoms with Gasteiger partial charge in [0.25, 0.3) is 10.2 Å². The van der Waals surface area contributed by atoms with Gasteiger partial charge in [0.15, 0.2) is 0 Å². The molecule has 1 aromatic heterocycles. The van der Waals surface area contributed by atoms with E-state index in [1.807, 2.05) is 13.8 Å². The minimum Gasteiger partial charge on any atom is -0.466 e. The van der Waals surface area contributed by atoms with E-state index in [9.17, 15) is 48.0 Å². The number of nitrogens with zero attached hydrogens (tertiary/aromatic N) is 5. The number of benzene rings is 1. The Morgan fingerprint density at radius 2 is 1.75 bits per heavy atom. The lowest BCUT2D eigenvalue weighted by Gasteiger charge is -2.20. The molecule has 266 valence electrons. The molecule has 0 amide bonds. The zero-order chi connectivity index (χ0) is 36.0. The lowest BCUT2D eigenvalue weighted by molar-refractivity contribution is -0.769. The van der Waals surface area contributed by atoms with Crippen molar-refractivity contribution < 1.29 is 57.1 Å². The van der Waals surface area contributed by atoms with Gasteiger partial charge in [-0.15, -0.1) is 20.2 Å². The number of hydrogen-bond acceptors (Lipinski definition) is 15. The number of carbonyl (C=O) groups is 1. The first-order valence-corrected chi connectivity index (χ1v) is 16.3. The standard InChI is InChI=1S/C28H38FN5O13S/c1-18(2)26-24(27(19-5-7-20(29)8-6-19)31-28(30-26)32(3)48(4,42)43)10-9-21(35)15-22(36)16-25(37)45-12-11-23(47-34(40)41)17-44-13-14-46-33(38)39/h5-10,18,21-23,35-36H,11-17H2,1-4H3/b10-9+/t21-,22-,23?/m1/s1. The zero-order valence-corrected chi connectivity index (χ0v) is 27.4. The molecule has 0 aliphatic heterocycles. The molecule has 0 aliphatic carbocycles. The van der Waals surface area contributed by atoms with E-state index in [0.717, 1.165) is 10.6 Å². The summed E-state index contributed by atoms with van der Waals surface area (Å²) in [6.45, 7) is 2.31. The molecular formula is C28H38FN5O13S. The molecular weight excluding hydrogens is 665 g/mol. The second-order valence-corrected chi connectivity index (χ2v) is 12.7. The van der Waals surface area contributed by atoms with Crippen LogP contribution in [-0.2, 0) is 34.0 Å². The van der Waals surface area contributed by atoms with Crippen LogP contribution in [0.4, 0.5) is 10.3 Å². The van der Waals surface area contributed by atoms with Crippen molar-refractivity contribution in [3.05, 3.63) is 67.6 Å². The second-order valence-electron chi connectivity index (χ2n) is 10.7. The van der Waals surface area contributed by atoms with Gasteiger partial charge in [-0.1, -0.05) is 26.0 Å². The van der Waals surface area contributed by atoms with Crippen molar-refractivity contribution in [1.82, 2.24) is 9.97 Å². The summed E-state index contributed by atoms with van der Waals surface area (Å²) >= 11 is 0. The molecule has 0 radical (unpaired) electrons. The lowest BCUT2D eigenvalue weighted by atomic mass is 9.97. The molecule has 0 saturated carbocycles. The molecule has 18 nitrogen and oxygen atoms in total. The van der Waals surface area contributed by atoms with E-state index in [2.05, 4.69) is 19.6 Å². The molecule has 48 heavy (non-hydrogen) atoms. The van der Waals surface area contributed by atoms with Crippen LogP contribution in [0.2, 0.25) is 0 Å². The number of esters is 1. The number of rotatable bonds is 21. The highest BCUT2D eigenvalue weighted by atomic mass is 32.2. The van der Waals surface area contributed by atoms with Crippen LogP contribution in [0.5, 0.6) is 0 Å². The Kier molecular flexibility index (Phi) is 15.5. The molecule has 2 rings (SSSR count). The van der Waals surface area contributed by atoms with Gasteiger partial charge in [0, 0.05) is 31.0 Å². The van der Waals surface area contributed by atoms with Crippen LogP contribution in [0.3, 0.4) is 0 Å². The minimum atomic E-state index is -3.73. The van der Waals surface area contributed by atoms with E-state index < -0.39 is 63.3 Å². The first kappa shape index (κ1) is 39.6. The van der Waals surface area contributed by atoms with Crippen LogP contribution < -0.4 is 4.31 Å². The number of sulfonamides is 1. The van der Waals surface area contributed by atoms with Gasteiger partial charge in [0.05, 0.1) is 56.1 Å². The molecule has 2 aromatic rings. The van der Waals surface area contributed by atoms with Gasteiger partial charge in [-0.05, 0) is 30.2 Å². The molecule has 1 aromatic carbocycles. The maximum atomic E-state index is 13.7. The summed E-state index contributed by atoms with van der Waals surface area (Å²) in [5.41, 5.74) is 1.55. The Labute approximate surface area is 275 Å². The highest BCUT2D eigenvalue weighted by Crippen LogP contribution is 2.31. The van der Waals surface area contributed by atoms with Crippen molar-refractivity contribution in [3.8, 4) is 11.3 Å². The Balaban J connectivity index is 2.09. The molecule has 3 atom stereocenters. The third kappa shape index (κ3) is 13.7. The van der Waals surface area contributed by atoms with Crippen molar-refractivity contribution in [2.75, 3.05) is 44.0 Å². The van der Waals surface area contributed by atoms with Crippen LogP contribution in [0, 0.1) is 26.0 Å². The smallest absolute Gasteiger partial charge is 0.308 e. The number of aromatic nitrogens is 2.